The van der Waals surface area contributed by atoms with E-state index in [0.717, 1.165) is 6.42 Å². The Morgan fingerprint density at radius 2 is 2.27 bits per heavy atom. The van der Waals surface area contributed by atoms with Gasteiger partial charge in [0.05, 0.1) is 5.56 Å². The summed E-state index contributed by atoms with van der Waals surface area (Å²) in [7, 11) is 0. The van der Waals surface area contributed by atoms with E-state index in [1.54, 1.807) is 0 Å². The zero-order valence-electron chi connectivity index (χ0n) is 7.84. The molecule has 3 N–H and O–H groups in total. The molecule has 0 aliphatic heterocycles. The van der Waals surface area contributed by atoms with Crippen LogP contribution in [0.15, 0.2) is 22.7 Å². The second-order valence-corrected chi connectivity index (χ2v) is 4.46. The van der Waals surface area contributed by atoms with E-state index in [2.05, 4.69) is 21.2 Å². The van der Waals surface area contributed by atoms with E-state index >= 15 is 0 Å². The maximum atomic E-state index is 12.9. The lowest BCUT2D eigenvalue weighted by Crippen LogP contribution is -2.29. The van der Waals surface area contributed by atoms with E-state index in [1.165, 1.54) is 18.2 Å². The number of nitrogens with two attached hydrogens (primary N) is 1. The molecule has 0 bridgehead atoms. The van der Waals surface area contributed by atoms with Crippen molar-refractivity contribution in [1.82, 2.24) is 5.32 Å². The maximum absolute atomic E-state index is 12.9. The van der Waals surface area contributed by atoms with Crippen LogP contribution in [0.5, 0.6) is 0 Å². The highest BCUT2D eigenvalue weighted by atomic mass is 79.9. The summed E-state index contributed by atoms with van der Waals surface area (Å²) in [4.78, 5) is 11.7. The molecule has 1 aliphatic rings. The molecular weight excluding hydrogens is 263 g/mol. The lowest BCUT2D eigenvalue weighted by atomic mass is 10.2. The molecular formula is C10H10BrFN2O. The summed E-state index contributed by atoms with van der Waals surface area (Å²) in [5, 5.41) is 2.73. The Kier molecular flexibility index (Phi) is 2.75. The molecule has 2 rings (SSSR count). The van der Waals surface area contributed by atoms with Gasteiger partial charge in [-0.1, -0.05) is 0 Å². The molecule has 2 unspecified atom stereocenters. The number of amides is 1. The van der Waals surface area contributed by atoms with Crippen LogP contribution in [0.3, 0.4) is 0 Å². The van der Waals surface area contributed by atoms with Crippen molar-refractivity contribution in [2.45, 2.75) is 18.5 Å². The first-order valence-electron chi connectivity index (χ1n) is 4.59. The number of carbonyl (C=O) groups is 1. The van der Waals surface area contributed by atoms with Gasteiger partial charge in [0.25, 0.3) is 5.91 Å². The zero-order chi connectivity index (χ0) is 11.0. The fourth-order valence-electron chi connectivity index (χ4n) is 1.30. The van der Waals surface area contributed by atoms with Crippen molar-refractivity contribution in [3.05, 3.63) is 34.1 Å². The van der Waals surface area contributed by atoms with Crippen molar-refractivity contribution in [3.63, 3.8) is 0 Å². The van der Waals surface area contributed by atoms with Gasteiger partial charge >= 0.3 is 0 Å². The highest BCUT2D eigenvalue weighted by molar-refractivity contribution is 9.10. The van der Waals surface area contributed by atoms with Gasteiger partial charge < -0.3 is 11.1 Å². The van der Waals surface area contributed by atoms with Crippen molar-refractivity contribution in [2.75, 3.05) is 0 Å². The van der Waals surface area contributed by atoms with Gasteiger partial charge in [0.1, 0.15) is 5.82 Å². The first kappa shape index (κ1) is 10.6. The number of hydrogen-bond donors (Lipinski definition) is 2. The van der Waals surface area contributed by atoms with E-state index in [1.807, 2.05) is 0 Å². The van der Waals surface area contributed by atoms with Crippen LogP contribution in [-0.4, -0.2) is 18.0 Å². The Labute approximate surface area is 95.0 Å². The number of nitrogens with one attached hydrogen (secondary N) is 1. The molecule has 5 heteroatoms. The van der Waals surface area contributed by atoms with Crippen molar-refractivity contribution in [1.29, 1.82) is 0 Å². The van der Waals surface area contributed by atoms with E-state index in [-0.39, 0.29) is 18.0 Å². The molecule has 15 heavy (non-hydrogen) atoms. The Morgan fingerprint density at radius 3 is 2.87 bits per heavy atom. The second kappa shape index (κ2) is 3.90. The fourth-order valence-corrected chi connectivity index (χ4v) is 1.72. The quantitative estimate of drug-likeness (QED) is 0.856. The van der Waals surface area contributed by atoms with Crippen molar-refractivity contribution < 1.29 is 9.18 Å². The van der Waals surface area contributed by atoms with Gasteiger partial charge in [0.15, 0.2) is 0 Å². The van der Waals surface area contributed by atoms with E-state index in [9.17, 15) is 9.18 Å². The average Bonchev–Trinajstić information content (AvgIpc) is 2.86. The van der Waals surface area contributed by atoms with Crippen molar-refractivity contribution in [3.8, 4) is 0 Å². The molecule has 0 spiro atoms. The molecule has 1 aliphatic carbocycles. The number of halogens is 2. The molecule has 2 atom stereocenters. The Bertz CT molecular complexity index is 410. The molecule has 1 aromatic rings. The molecule has 3 nitrogen and oxygen atoms in total. The fraction of sp³-hybridized carbons (Fsp3) is 0.300. The monoisotopic (exact) mass is 272 g/mol. The van der Waals surface area contributed by atoms with Crippen LogP contribution in [-0.2, 0) is 0 Å². The average molecular weight is 273 g/mol. The first-order valence-corrected chi connectivity index (χ1v) is 5.38. The van der Waals surface area contributed by atoms with Gasteiger partial charge in [0.2, 0.25) is 0 Å². The molecule has 0 aromatic heterocycles. The zero-order valence-corrected chi connectivity index (χ0v) is 9.42. The SMILES string of the molecule is NC1CC1NC(=O)c1cc(F)ccc1Br. The molecule has 80 valence electrons. The summed E-state index contributed by atoms with van der Waals surface area (Å²) in [6, 6.07) is 4.09. The summed E-state index contributed by atoms with van der Waals surface area (Å²) in [6.07, 6.45) is 0.790. The Morgan fingerprint density at radius 1 is 1.60 bits per heavy atom. The van der Waals surface area contributed by atoms with Crippen LogP contribution in [0.2, 0.25) is 0 Å². The molecule has 1 fully saturated rings. The second-order valence-electron chi connectivity index (χ2n) is 3.60. The van der Waals surface area contributed by atoms with Gasteiger partial charge in [-0.15, -0.1) is 0 Å². The summed E-state index contributed by atoms with van der Waals surface area (Å²) in [5.74, 6) is -0.720. The lowest BCUT2D eigenvalue weighted by Gasteiger charge is -2.05. The molecule has 1 saturated carbocycles. The van der Waals surface area contributed by atoms with Crippen molar-refractivity contribution >= 4 is 21.8 Å². The normalized spacial score (nSPS) is 23.7. The standard InChI is InChI=1S/C10H10BrFN2O/c11-7-2-1-5(12)3-6(7)10(15)14-9-4-8(9)13/h1-3,8-9H,4,13H2,(H,14,15). The highest BCUT2D eigenvalue weighted by Crippen LogP contribution is 2.21. The van der Waals surface area contributed by atoms with Crippen LogP contribution in [0.25, 0.3) is 0 Å². The molecule has 1 amide bonds. The molecule has 1 aromatic carbocycles. The van der Waals surface area contributed by atoms with Gasteiger partial charge in [0, 0.05) is 16.6 Å². The van der Waals surface area contributed by atoms with Gasteiger partial charge in [-0.3, -0.25) is 4.79 Å². The van der Waals surface area contributed by atoms with Crippen LogP contribution in [0.1, 0.15) is 16.8 Å². The summed E-state index contributed by atoms with van der Waals surface area (Å²) < 4.78 is 13.5. The third kappa shape index (κ3) is 2.35. The first-order chi connectivity index (χ1) is 7.08. The maximum Gasteiger partial charge on any atom is 0.252 e. The topological polar surface area (TPSA) is 55.1 Å². The Hall–Kier alpha value is -0.940. The summed E-state index contributed by atoms with van der Waals surface area (Å²) in [6.45, 7) is 0. The van der Waals surface area contributed by atoms with Crippen molar-refractivity contribution in [2.24, 2.45) is 5.73 Å². The largest absolute Gasteiger partial charge is 0.348 e. The molecule has 0 saturated heterocycles. The Balaban J connectivity index is 2.14. The van der Waals surface area contributed by atoms with Crippen LogP contribution in [0, 0.1) is 5.82 Å². The third-order valence-electron chi connectivity index (χ3n) is 2.33. The van der Waals surface area contributed by atoms with Crippen LogP contribution >= 0.6 is 15.9 Å². The third-order valence-corrected chi connectivity index (χ3v) is 3.02. The van der Waals surface area contributed by atoms with E-state index in [4.69, 9.17) is 5.73 Å². The van der Waals surface area contributed by atoms with Crippen LogP contribution in [0.4, 0.5) is 4.39 Å². The molecule has 0 heterocycles. The number of rotatable bonds is 2. The summed E-state index contributed by atoms with van der Waals surface area (Å²) >= 11 is 3.20. The minimum absolute atomic E-state index is 0.0349. The van der Waals surface area contributed by atoms with Gasteiger partial charge in [-0.2, -0.15) is 0 Å². The minimum atomic E-state index is -0.427. The van der Waals surface area contributed by atoms with E-state index in [0.29, 0.717) is 10.0 Å². The highest BCUT2D eigenvalue weighted by Gasteiger charge is 2.35. The van der Waals surface area contributed by atoms with E-state index < -0.39 is 5.82 Å². The lowest BCUT2D eigenvalue weighted by molar-refractivity contribution is 0.0949. The minimum Gasteiger partial charge on any atom is -0.348 e. The smallest absolute Gasteiger partial charge is 0.252 e. The number of benzene rings is 1. The van der Waals surface area contributed by atoms with Gasteiger partial charge in [-0.05, 0) is 40.5 Å². The predicted octanol–water partition coefficient (Wildman–Crippen LogP) is 1.42. The summed E-state index contributed by atoms with van der Waals surface area (Å²) in [5.41, 5.74) is 5.86. The van der Waals surface area contributed by atoms with Crippen LogP contribution < -0.4 is 11.1 Å². The van der Waals surface area contributed by atoms with Gasteiger partial charge in [-0.25, -0.2) is 4.39 Å². The molecule has 0 radical (unpaired) electrons. The number of hydrogen-bond acceptors (Lipinski definition) is 2. The number of carbonyl (C=O) groups excluding carboxylic acids is 1. The predicted molar refractivity (Wildman–Crippen MR) is 57.9 cm³/mol.